The Kier molecular flexibility index (Phi) is 8.14. The molecule has 0 bridgehead atoms. The molecule has 0 rings (SSSR count). The zero-order valence-electron chi connectivity index (χ0n) is 9.53. The van der Waals surface area contributed by atoms with Crippen molar-refractivity contribution in [2.75, 3.05) is 13.1 Å². The van der Waals surface area contributed by atoms with Crippen LogP contribution in [0.5, 0.6) is 0 Å². The number of unbranched alkanes of at least 4 members (excludes halogenated alkanes) is 3. The van der Waals surface area contributed by atoms with Crippen LogP contribution in [-0.4, -0.2) is 32.6 Å². The first-order chi connectivity index (χ1) is 7.48. The van der Waals surface area contributed by atoms with Gasteiger partial charge < -0.3 is 5.11 Å². The van der Waals surface area contributed by atoms with Gasteiger partial charge in [0.25, 0.3) is 10.2 Å². The van der Waals surface area contributed by atoms with Crippen LogP contribution in [0.1, 0.15) is 39.0 Å². The first-order valence-electron chi connectivity index (χ1n) is 5.44. The Hall–Kier alpha value is -0.660. The molecule has 0 radical (unpaired) electrons. The lowest BCUT2D eigenvalue weighted by Gasteiger charge is -2.05. The highest BCUT2D eigenvalue weighted by atomic mass is 32.2. The van der Waals surface area contributed by atoms with Crippen LogP contribution in [0.3, 0.4) is 0 Å². The van der Waals surface area contributed by atoms with E-state index in [1.54, 1.807) is 6.92 Å². The van der Waals surface area contributed by atoms with Crippen LogP contribution in [0.2, 0.25) is 0 Å². The Bertz CT molecular complexity index is 290. The lowest BCUT2D eigenvalue weighted by molar-refractivity contribution is -0.137. The molecular weight excluding hydrogens is 232 g/mol. The van der Waals surface area contributed by atoms with E-state index in [2.05, 4.69) is 9.44 Å². The number of hydrogen-bond acceptors (Lipinski definition) is 3. The summed E-state index contributed by atoms with van der Waals surface area (Å²) >= 11 is 0. The van der Waals surface area contributed by atoms with Gasteiger partial charge in [-0.05, 0) is 12.8 Å². The summed E-state index contributed by atoms with van der Waals surface area (Å²) < 4.78 is 26.9. The van der Waals surface area contributed by atoms with Gasteiger partial charge in [0.05, 0.1) is 0 Å². The molecule has 0 unspecified atom stereocenters. The third-order valence-electron chi connectivity index (χ3n) is 1.94. The van der Waals surface area contributed by atoms with Crippen molar-refractivity contribution in [3.8, 4) is 0 Å². The number of carboxylic acids is 1. The Morgan fingerprint density at radius 2 is 1.75 bits per heavy atom. The average molecular weight is 252 g/mol. The topological polar surface area (TPSA) is 95.5 Å². The number of carboxylic acid groups (broad SMARTS) is 1. The van der Waals surface area contributed by atoms with Crippen LogP contribution < -0.4 is 9.44 Å². The molecule has 0 saturated heterocycles. The van der Waals surface area contributed by atoms with E-state index in [9.17, 15) is 13.2 Å². The quantitative estimate of drug-likeness (QED) is 0.492. The molecule has 0 amide bonds. The molecule has 0 aromatic carbocycles. The standard InChI is InChI=1S/C9H20N2O4S/c1-2-10-16(14,15)11-8-6-4-3-5-7-9(12)13/h10-11H,2-8H2,1H3,(H,12,13). The van der Waals surface area contributed by atoms with E-state index in [4.69, 9.17) is 5.11 Å². The lowest BCUT2D eigenvalue weighted by Crippen LogP contribution is -2.36. The second-order valence-corrected chi connectivity index (χ2v) is 5.04. The van der Waals surface area contributed by atoms with Crippen molar-refractivity contribution in [1.29, 1.82) is 0 Å². The number of rotatable bonds is 10. The van der Waals surface area contributed by atoms with Gasteiger partial charge in [-0.15, -0.1) is 0 Å². The number of aliphatic carboxylic acids is 1. The monoisotopic (exact) mass is 252 g/mol. The highest BCUT2D eigenvalue weighted by molar-refractivity contribution is 7.87. The van der Waals surface area contributed by atoms with Gasteiger partial charge >= 0.3 is 5.97 Å². The first kappa shape index (κ1) is 15.3. The smallest absolute Gasteiger partial charge is 0.303 e. The molecule has 0 fully saturated rings. The van der Waals surface area contributed by atoms with Crippen LogP contribution >= 0.6 is 0 Å². The maximum atomic E-state index is 11.1. The van der Waals surface area contributed by atoms with Crippen LogP contribution in [-0.2, 0) is 15.0 Å². The summed E-state index contributed by atoms with van der Waals surface area (Å²) in [6.07, 6.45) is 3.21. The van der Waals surface area contributed by atoms with Crippen molar-refractivity contribution in [3.05, 3.63) is 0 Å². The lowest BCUT2D eigenvalue weighted by atomic mass is 10.1. The molecule has 0 spiro atoms. The van der Waals surface area contributed by atoms with Crippen molar-refractivity contribution in [1.82, 2.24) is 9.44 Å². The van der Waals surface area contributed by atoms with Gasteiger partial charge in [-0.3, -0.25) is 4.79 Å². The summed E-state index contributed by atoms with van der Waals surface area (Å²) in [6.45, 7) is 2.47. The molecule has 0 aromatic rings. The van der Waals surface area contributed by atoms with Gasteiger partial charge in [-0.2, -0.15) is 8.42 Å². The minimum Gasteiger partial charge on any atom is -0.481 e. The highest BCUT2D eigenvalue weighted by Crippen LogP contribution is 2.02. The molecule has 0 atom stereocenters. The van der Waals surface area contributed by atoms with Crippen LogP contribution in [0.15, 0.2) is 0 Å². The predicted octanol–water partition coefficient (Wildman–Crippen LogP) is 0.465. The summed E-state index contributed by atoms with van der Waals surface area (Å²) in [7, 11) is -3.33. The van der Waals surface area contributed by atoms with Gasteiger partial charge in [0.1, 0.15) is 0 Å². The second-order valence-electron chi connectivity index (χ2n) is 3.45. The fraction of sp³-hybridized carbons (Fsp3) is 0.889. The third kappa shape index (κ3) is 9.88. The molecule has 0 saturated carbocycles. The molecule has 16 heavy (non-hydrogen) atoms. The molecule has 7 heteroatoms. The van der Waals surface area contributed by atoms with Crippen LogP contribution in [0, 0.1) is 0 Å². The zero-order chi connectivity index (χ0) is 12.4. The van der Waals surface area contributed by atoms with Crippen molar-refractivity contribution < 1.29 is 18.3 Å². The number of hydrogen-bond donors (Lipinski definition) is 3. The van der Waals surface area contributed by atoms with E-state index < -0.39 is 16.2 Å². The predicted molar refractivity (Wildman–Crippen MR) is 61.3 cm³/mol. The Morgan fingerprint density at radius 3 is 2.31 bits per heavy atom. The molecule has 0 aliphatic carbocycles. The van der Waals surface area contributed by atoms with E-state index in [0.717, 1.165) is 19.3 Å². The molecule has 3 N–H and O–H groups in total. The van der Waals surface area contributed by atoms with E-state index in [-0.39, 0.29) is 6.42 Å². The number of nitrogens with one attached hydrogen (secondary N) is 2. The van der Waals surface area contributed by atoms with Gasteiger partial charge in [0.15, 0.2) is 0 Å². The fourth-order valence-corrected chi connectivity index (χ4v) is 2.10. The summed E-state index contributed by atoms with van der Waals surface area (Å²) in [5, 5.41) is 8.38. The minimum atomic E-state index is -3.33. The maximum absolute atomic E-state index is 11.1. The van der Waals surface area contributed by atoms with Gasteiger partial charge in [-0.1, -0.05) is 19.8 Å². The van der Waals surface area contributed by atoms with Crippen LogP contribution in [0.25, 0.3) is 0 Å². The summed E-state index contributed by atoms with van der Waals surface area (Å²) in [6, 6.07) is 0. The highest BCUT2D eigenvalue weighted by Gasteiger charge is 2.05. The van der Waals surface area contributed by atoms with E-state index in [1.807, 2.05) is 0 Å². The molecule has 0 aliphatic rings. The normalized spacial score (nSPS) is 11.6. The second kappa shape index (κ2) is 8.49. The van der Waals surface area contributed by atoms with Crippen molar-refractivity contribution in [3.63, 3.8) is 0 Å². The Balaban J connectivity index is 3.37. The van der Waals surface area contributed by atoms with Gasteiger partial charge in [0, 0.05) is 19.5 Å². The van der Waals surface area contributed by atoms with Crippen molar-refractivity contribution in [2.45, 2.75) is 39.0 Å². The van der Waals surface area contributed by atoms with Gasteiger partial charge in [0.2, 0.25) is 0 Å². The Labute approximate surface area is 96.6 Å². The third-order valence-corrected chi connectivity index (χ3v) is 3.20. The van der Waals surface area contributed by atoms with Crippen LogP contribution in [0.4, 0.5) is 0 Å². The summed E-state index contributed by atoms with van der Waals surface area (Å²) in [5.41, 5.74) is 0. The largest absolute Gasteiger partial charge is 0.481 e. The van der Waals surface area contributed by atoms with E-state index in [1.165, 1.54) is 0 Å². The fourth-order valence-electron chi connectivity index (χ4n) is 1.20. The SMILES string of the molecule is CCNS(=O)(=O)NCCCCCCC(=O)O. The molecule has 0 aliphatic heterocycles. The molecule has 96 valence electrons. The molecular formula is C9H20N2O4S. The van der Waals surface area contributed by atoms with Gasteiger partial charge in [-0.25, -0.2) is 9.44 Å². The molecule has 6 nitrogen and oxygen atoms in total. The van der Waals surface area contributed by atoms with Crippen molar-refractivity contribution >= 4 is 16.2 Å². The maximum Gasteiger partial charge on any atom is 0.303 e. The Morgan fingerprint density at radius 1 is 1.12 bits per heavy atom. The zero-order valence-corrected chi connectivity index (χ0v) is 10.3. The van der Waals surface area contributed by atoms with E-state index >= 15 is 0 Å². The minimum absolute atomic E-state index is 0.184. The first-order valence-corrected chi connectivity index (χ1v) is 6.92. The summed E-state index contributed by atoms with van der Waals surface area (Å²) in [4.78, 5) is 10.2. The van der Waals surface area contributed by atoms with E-state index in [0.29, 0.717) is 19.5 Å². The average Bonchev–Trinajstić information content (AvgIpc) is 2.15. The number of carbonyl (C=O) groups is 1. The molecule has 0 aromatic heterocycles. The summed E-state index contributed by atoms with van der Waals surface area (Å²) in [5.74, 6) is -0.784. The molecule has 0 heterocycles. The van der Waals surface area contributed by atoms with Crippen molar-refractivity contribution in [2.24, 2.45) is 0 Å².